The Hall–Kier alpha value is -2.22. The van der Waals surface area contributed by atoms with Gasteiger partial charge in [-0.25, -0.2) is 0 Å². The topological polar surface area (TPSA) is 40.5 Å². The van der Waals surface area contributed by atoms with E-state index in [2.05, 4.69) is 30.3 Å². The number of aromatic hydroxyl groups is 2. The summed E-state index contributed by atoms with van der Waals surface area (Å²) >= 11 is 0. The van der Waals surface area contributed by atoms with Gasteiger partial charge in [0.25, 0.3) is 0 Å². The van der Waals surface area contributed by atoms with E-state index in [0.717, 1.165) is 18.8 Å². The van der Waals surface area contributed by atoms with E-state index in [-0.39, 0.29) is 10.8 Å². The fourth-order valence-corrected chi connectivity index (χ4v) is 5.89. The summed E-state index contributed by atoms with van der Waals surface area (Å²) in [6.45, 7) is 0. The van der Waals surface area contributed by atoms with Crippen LogP contribution < -0.4 is 0 Å². The zero-order valence-corrected chi connectivity index (χ0v) is 13.7. The van der Waals surface area contributed by atoms with Crippen LogP contribution in [0.25, 0.3) is 0 Å². The minimum Gasteiger partial charge on any atom is -0.508 e. The lowest BCUT2D eigenvalue weighted by Gasteiger charge is -2.58. The van der Waals surface area contributed by atoms with Crippen molar-refractivity contribution in [3.05, 3.63) is 71.3 Å². The van der Waals surface area contributed by atoms with Gasteiger partial charge in [0, 0.05) is 10.8 Å². The molecule has 6 rings (SSSR count). The van der Waals surface area contributed by atoms with Crippen molar-refractivity contribution < 1.29 is 10.2 Å². The fourth-order valence-electron chi connectivity index (χ4n) is 5.89. The zero-order chi connectivity index (χ0) is 16.4. The number of phenolic OH excluding ortho intramolecular Hbond substituents is 2. The molecule has 2 fully saturated rings. The van der Waals surface area contributed by atoms with Crippen LogP contribution >= 0.6 is 0 Å². The lowest BCUT2D eigenvalue weighted by Crippen LogP contribution is -2.51. The molecule has 2 N–H and O–H groups in total. The van der Waals surface area contributed by atoms with Gasteiger partial charge >= 0.3 is 0 Å². The van der Waals surface area contributed by atoms with Crippen LogP contribution in [0.2, 0.25) is 0 Å². The van der Waals surface area contributed by atoms with E-state index in [9.17, 15) is 10.2 Å². The molecule has 0 amide bonds. The molecule has 0 heterocycles. The van der Waals surface area contributed by atoms with Crippen LogP contribution in [0.4, 0.5) is 0 Å². The highest BCUT2D eigenvalue weighted by Crippen LogP contribution is 2.63. The number of rotatable bonds is 2. The monoisotopic (exact) mass is 318 g/mol. The van der Waals surface area contributed by atoms with Crippen molar-refractivity contribution in [2.24, 2.45) is 5.92 Å². The third-order valence-corrected chi connectivity index (χ3v) is 6.50. The van der Waals surface area contributed by atoms with E-state index in [1.54, 1.807) is 5.57 Å². The summed E-state index contributed by atoms with van der Waals surface area (Å²) < 4.78 is 0. The molecule has 2 saturated carbocycles. The first-order chi connectivity index (χ1) is 11.6. The van der Waals surface area contributed by atoms with Crippen molar-refractivity contribution in [3.8, 4) is 11.5 Å². The molecule has 2 heteroatoms. The van der Waals surface area contributed by atoms with Gasteiger partial charge in [-0.1, -0.05) is 35.9 Å². The molecule has 0 spiro atoms. The first kappa shape index (κ1) is 14.2. The second-order valence-electron chi connectivity index (χ2n) is 8.16. The molecule has 2 aromatic rings. The molecule has 4 aliphatic rings. The van der Waals surface area contributed by atoms with Crippen LogP contribution in [-0.4, -0.2) is 10.2 Å². The fraction of sp³-hybridized carbons (Fsp3) is 0.364. The average molecular weight is 318 g/mol. The third kappa shape index (κ3) is 1.95. The van der Waals surface area contributed by atoms with Gasteiger partial charge in [0.2, 0.25) is 0 Å². The van der Waals surface area contributed by atoms with Crippen molar-refractivity contribution in [2.75, 3.05) is 0 Å². The summed E-state index contributed by atoms with van der Waals surface area (Å²) in [4.78, 5) is 0. The van der Waals surface area contributed by atoms with E-state index in [0.29, 0.717) is 11.5 Å². The molecule has 122 valence electrons. The first-order valence-corrected chi connectivity index (χ1v) is 8.87. The zero-order valence-electron chi connectivity index (χ0n) is 13.7. The standard InChI is InChI=1S/C22H22O2/c23-19-5-1-17(2-6-19)21-10-15-9-16(11-21)13-22(12-15,14-21)18-3-7-20(24)8-4-18/h1-8,10,16,23-24H,9,11-14H2. The Bertz CT molecular complexity index is 818. The highest BCUT2D eigenvalue weighted by Gasteiger charge is 2.55. The quantitative estimate of drug-likeness (QED) is 0.780. The molecular weight excluding hydrogens is 296 g/mol. The highest BCUT2D eigenvalue weighted by molar-refractivity contribution is 5.47. The molecule has 3 atom stereocenters. The van der Waals surface area contributed by atoms with Gasteiger partial charge in [-0.05, 0) is 73.4 Å². The summed E-state index contributed by atoms with van der Waals surface area (Å²) in [7, 11) is 0. The van der Waals surface area contributed by atoms with Crippen molar-refractivity contribution in [2.45, 2.75) is 42.9 Å². The number of hydrogen-bond donors (Lipinski definition) is 2. The van der Waals surface area contributed by atoms with Crippen LogP contribution in [0.15, 0.2) is 60.2 Å². The lowest BCUT2D eigenvalue weighted by molar-refractivity contribution is 0.106. The van der Waals surface area contributed by atoms with Gasteiger partial charge in [-0.3, -0.25) is 0 Å². The van der Waals surface area contributed by atoms with E-state index in [1.807, 2.05) is 24.3 Å². The molecule has 0 radical (unpaired) electrons. The normalized spacial score (nSPS) is 33.5. The molecule has 2 nitrogen and oxygen atoms in total. The summed E-state index contributed by atoms with van der Waals surface area (Å²) in [5.41, 5.74) is 4.63. The van der Waals surface area contributed by atoms with E-state index >= 15 is 0 Å². The smallest absolute Gasteiger partial charge is 0.115 e. The first-order valence-electron chi connectivity index (χ1n) is 8.87. The van der Waals surface area contributed by atoms with Crippen LogP contribution in [0, 0.1) is 5.92 Å². The second kappa shape index (κ2) is 4.66. The van der Waals surface area contributed by atoms with Gasteiger partial charge in [0.15, 0.2) is 0 Å². The second-order valence-corrected chi connectivity index (χ2v) is 8.16. The number of allylic oxidation sites excluding steroid dienone is 2. The maximum Gasteiger partial charge on any atom is 0.115 e. The molecule has 0 aromatic heterocycles. The predicted molar refractivity (Wildman–Crippen MR) is 94.2 cm³/mol. The van der Waals surface area contributed by atoms with Gasteiger partial charge in [0.1, 0.15) is 11.5 Å². The van der Waals surface area contributed by atoms with Gasteiger partial charge in [-0.2, -0.15) is 0 Å². The van der Waals surface area contributed by atoms with Crippen molar-refractivity contribution in [1.29, 1.82) is 0 Å². The van der Waals surface area contributed by atoms with Crippen molar-refractivity contribution in [1.82, 2.24) is 0 Å². The lowest BCUT2D eigenvalue weighted by atomic mass is 9.45. The Morgan fingerprint density at radius 2 is 1.42 bits per heavy atom. The average Bonchev–Trinajstić information content (AvgIpc) is 2.54. The molecule has 0 aliphatic heterocycles. The highest BCUT2D eigenvalue weighted by atomic mass is 16.3. The SMILES string of the molecule is Oc1ccc(C23C=C4CC(C2)CC(c2ccc(O)cc2)(C4)C3)cc1. The largest absolute Gasteiger partial charge is 0.508 e. The van der Waals surface area contributed by atoms with E-state index in [1.165, 1.54) is 30.4 Å². The van der Waals surface area contributed by atoms with Gasteiger partial charge in [0.05, 0.1) is 0 Å². The Morgan fingerprint density at radius 3 is 2.04 bits per heavy atom. The van der Waals surface area contributed by atoms with Crippen molar-refractivity contribution >= 4 is 0 Å². The number of hydrogen-bond acceptors (Lipinski definition) is 2. The van der Waals surface area contributed by atoms with Crippen LogP contribution in [0.3, 0.4) is 0 Å². The maximum atomic E-state index is 9.66. The molecule has 0 saturated heterocycles. The number of phenols is 2. The van der Waals surface area contributed by atoms with Gasteiger partial charge in [-0.15, -0.1) is 0 Å². The maximum absolute atomic E-state index is 9.66. The van der Waals surface area contributed by atoms with Crippen molar-refractivity contribution in [3.63, 3.8) is 0 Å². The molecule has 4 bridgehead atoms. The molecule has 2 aromatic carbocycles. The summed E-state index contributed by atoms with van der Waals surface area (Å²) in [5.74, 6) is 1.43. The third-order valence-electron chi connectivity index (χ3n) is 6.50. The summed E-state index contributed by atoms with van der Waals surface area (Å²) in [5, 5.41) is 19.3. The Labute approximate surface area is 142 Å². The molecular formula is C22H22O2. The van der Waals surface area contributed by atoms with Crippen LogP contribution in [-0.2, 0) is 10.8 Å². The van der Waals surface area contributed by atoms with E-state index < -0.39 is 0 Å². The summed E-state index contributed by atoms with van der Waals surface area (Å²) in [6.07, 6.45) is 8.56. The van der Waals surface area contributed by atoms with Crippen LogP contribution in [0.5, 0.6) is 11.5 Å². The molecule has 24 heavy (non-hydrogen) atoms. The predicted octanol–water partition coefficient (Wildman–Crippen LogP) is 4.81. The Balaban J connectivity index is 1.63. The van der Waals surface area contributed by atoms with Gasteiger partial charge < -0.3 is 10.2 Å². The van der Waals surface area contributed by atoms with E-state index in [4.69, 9.17) is 0 Å². The van der Waals surface area contributed by atoms with Crippen LogP contribution in [0.1, 0.15) is 43.2 Å². The Kier molecular flexibility index (Phi) is 2.75. The summed E-state index contributed by atoms with van der Waals surface area (Å²) in [6, 6.07) is 15.7. The minimum atomic E-state index is 0.111. The molecule has 3 unspecified atom stereocenters. The molecule has 4 aliphatic carbocycles. The number of benzene rings is 2. The Morgan fingerprint density at radius 1 is 0.792 bits per heavy atom. The minimum absolute atomic E-state index is 0.111.